The SMILES string of the molecule is COc1cnc(Nc2ccc(N)cc2)nc1. The summed E-state index contributed by atoms with van der Waals surface area (Å²) in [6.07, 6.45) is 3.21. The van der Waals surface area contributed by atoms with E-state index in [1.54, 1.807) is 19.5 Å². The number of hydrogen-bond acceptors (Lipinski definition) is 5. The van der Waals surface area contributed by atoms with Gasteiger partial charge >= 0.3 is 0 Å². The van der Waals surface area contributed by atoms with Crippen molar-refractivity contribution in [2.24, 2.45) is 0 Å². The molecule has 0 aliphatic carbocycles. The van der Waals surface area contributed by atoms with Crippen LogP contribution in [0.2, 0.25) is 0 Å². The lowest BCUT2D eigenvalue weighted by atomic mass is 10.3. The lowest BCUT2D eigenvalue weighted by Gasteiger charge is -2.05. The van der Waals surface area contributed by atoms with Crippen LogP contribution in [0, 0.1) is 0 Å². The first-order valence-electron chi connectivity index (χ1n) is 4.76. The van der Waals surface area contributed by atoms with Crippen LogP contribution in [0.3, 0.4) is 0 Å². The highest BCUT2D eigenvalue weighted by atomic mass is 16.5. The second-order valence-corrected chi connectivity index (χ2v) is 3.19. The monoisotopic (exact) mass is 216 g/mol. The van der Waals surface area contributed by atoms with Crippen molar-refractivity contribution in [2.75, 3.05) is 18.2 Å². The van der Waals surface area contributed by atoms with Gasteiger partial charge in [-0.05, 0) is 24.3 Å². The van der Waals surface area contributed by atoms with E-state index in [1.165, 1.54) is 0 Å². The van der Waals surface area contributed by atoms with Crippen LogP contribution in [0.5, 0.6) is 5.75 Å². The number of rotatable bonds is 3. The number of nitrogens with one attached hydrogen (secondary N) is 1. The molecule has 0 spiro atoms. The topological polar surface area (TPSA) is 73.1 Å². The standard InChI is InChI=1S/C11H12N4O/c1-16-10-6-13-11(14-7-10)15-9-4-2-8(12)3-5-9/h2-7H,12H2,1H3,(H,13,14,15). The van der Waals surface area contributed by atoms with Crippen LogP contribution < -0.4 is 15.8 Å². The quantitative estimate of drug-likeness (QED) is 0.765. The summed E-state index contributed by atoms with van der Waals surface area (Å²) in [5.74, 6) is 1.15. The van der Waals surface area contributed by atoms with Crippen LogP contribution >= 0.6 is 0 Å². The summed E-state index contributed by atoms with van der Waals surface area (Å²) < 4.78 is 4.97. The third-order valence-corrected chi connectivity index (χ3v) is 2.03. The Labute approximate surface area is 93.3 Å². The molecule has 1 aromatic carbocycles. The molecule has 3 N–H and O–H groups in total. The Hall–Kier alpha value is -2.30. The third kappa shape index (κ3) is 2.38. The van der Waals surface area contributed by atoms with Crippen molar-refractivity contribution in [3.8, 4) is 5.75 Å². The van der Waals surface area contributed by atoms with Gasteiger partial charge in [0.25, 0.3) is 0 Å². The summed E-state index contributed by atoms with van der Waals surface area (Å²) in [6, 6.07) is 7.35. The third-order valence-electron chi connectivity index (χ3n) is 2.03. The minimum absolute atomic E-state index is 0.519. The van der Waals surface area contributed by atoms with Crippen molar-refractivity contribution in [1.82, 2.24) is 9.97 Å². The van der Waals surface area contributed by atoms with Crippen LogP contribution in [0.25, 0.3) is 0 Å². The zero-order chi connectivity index (χ0) is 11.4. The number of aromatic nitrogens is 2. The zero-order valence-corrected chi connectivity index (χ0v) is 8.84. The summed E-state index contributed by atoms with van der Waals surface area (Å²) in [5.41, 5.74) is 7.19. The number of benzene rings is 1. The van der Waals surface area contributed by atoms with Gasteiger partial charge in [-0.2, -0.15) is 0 Å². The van der Waals surface area contributed by atoms with Gasteiger partial charge in [0.1, 0.15) is 0 Å². The summed E-state index contributed by atoms with van der Waals surface area (Å²) in [7, 11) is 1.58. The Kier molecular flexibility index (Phi) is 2.86. The van der Waals surface area contributed by atoms with E-state index in [2.05, 4.69) is 15.3 Å². The molecule has 0 aliphatic heterocycles. The highest BCUT2D eigenvalue weighted by Gasteiger charge is 1.98. The van der Waals surface area contributed by atoms with Gasteiger partial charge in [0.2, 0.25) is 5.95 Å². The summed E-state index contributed by atoms with van der Waals surface area (Å²) in [4.78, 5) is 8.18. The van der Waals surface area contributed by atoms with Crippen molar-refractivity contribution < 1.29 is 4.74 Å². The molecule has 0 aliphatic rings. The fourth-order valence-electron chi connectivity index (χ4n) is 1.18. The van der Waals surface area contributed by atoms with Crippen molar-refractivity contribution in [2.45, 2.75) is 0 Å². The van der Waals surface area contributed by atoms with Crippen LogP contribution in [-0.4, -0.2) is 17.1 Å². The summed E-state index contributed by atoms with van der Waals surface area (Å²) >= 11 is 0. The smallest absolute Gasteiger partial charge is 0.227 e. The second kappa shape index (κ2) is 4.48. The first-order valence-corrected chi connectivity index (χ1v) is 4.76. The fraction of sp³-hybridized carbons (Fsp3) is 0.0909. The van der Waals surface area contributed by atoms with E-state index in [1.807, 2.05) is 24.3 Å². The molecule has 16 heavy (non-hydrogen) atoms. The van der Waals surface area contributed by atoms with E-state index in [-0.39, 0.29) is 0 Å². The first kappa shape index (κ1) is 10.2. The van der Waals surface area contributed by atoms with Gasteiger partial charge in [-0.1, -0.05) is 0 Å². The zero-order valence-electron chi connectivity index (χ0n) is 8.84. The number of nitrogens with zero attached hydrogens (tertiary/aromatic N) is 2. The maximum Gasteiger partial charge on any atom is 0.227 e. The average Bonchev–Trinajstić information content (AvgIpc) is 2.33. The summed E-state index contributed by atoms with van der Waals surface area (Å²) in [5, 5.41) is 3.05. The molecule has 1 aromatic heterocycles. The van der Waals surface area contributed by atoms with Crippen molar-refractivity contribution in [3.05, 3.63) is 36.7 Å². The van der Waals surface area contributed by atoms with Gasteiger partial charge < -0.3 is 15.8 Å². The molecular formula is C11H12N4O. The molecule has 0 bridgehead atoms. The molecular weight excluding hydrogens is 204 g/mol. The van der Waals surface area contributed by atoms with E-state index in [4.69, 9.17) is 10.5 Å². The minimum atomic E-state index is 0.519. The number of anilines is 3. The van der Waals surface area contributed by atoms with Crippen LogP contribution in [0.4, 0.5) is 17.3 Å². The molecule has 0 fully saturated rings. The molecule has 1 heterocycles. The molecule has 0 atom stereocenters. The van der Waals surface area contributed by atoms with E-state index in [0.29, 0.717) is 11.7 Å². The highest BCUT2D eigenvalue weighted by molar-refractivity contribution is 5.56. The Balaban J connectivity index is 2.11. The van der Waals surface area contributed by atoms with Crippen LogP contribution in [-0.2, 0) is 0 Å². The van der Waals surface area contributed by atoms with Gasteiger partial charge in [-0.15, -0.1) is 0 Å². The molecule has 2 rings (SSSR count). The molecule has 5 nitrogen and oxygen atoms in total. The minimum Gasteiger partial charge on any atom is -0.494 e. The number of methoxy groups -OCH3 is 1. The Morgan fingerprint density at radius 1 is 1.12 bits per heavy atom. The van der Waals surface area contributed by atoms with Gasteiger partial charge in [0.05, 0.1) is 19.5 Å². The lowest BCUT2D eigenvalue weighted by molar-refractivity contribution is 0.411. The molecule has 2 aromatic rings. The number of nitrogen functional groups attached to an aromatic ring is 1. The maximum absolute atomic E-state index is 5.58. The number of nitrogens with two attached hydrogens (primary N) is 1. The number of hydrogen-bond donors (Lipinski definition) is 2. The Morgan fingerprint density at radius 2 is 1.75 bits per heavy atom. The lowest BCUT2D eigenvalue weighted by Crippen LogP contribution is -1.97. The van der Waals surface area contributed by atoms with Gasteiger partial charge in [-0.25, -0.2) is 9.97 Å². The number of ether oxygens (including phenoxy) is 1. The van der Waals surface area contributed by atoms with Crippen LogP contribution in [0.1, 0.15) is 0 Å². The Bertz CT molecular complexity index is 452. The molecule has 0 unspecified atom stereocenters. The van der Waals surface area contributed by atoms with Crippen molar-refractivity contribution in [3.63, 3.8) is 0 Å². The molecule has 5 heteroatoms. The average molecular weight is 216 g/mol. The van der Waals surface area contributed by atoms with Crippen molar-refractivity contribution in [1.29, 1.82) is 0 Å². The van der Waals surface area contributed by atoms with Crippen molar-refractivity contribution >= 4 is 17.3 Å². The molecule has 0 saturated carbocycles. The molecule has 0 amide bonds. The van der Waals surface area contributed by atoms with Gasteiger partial charge in [-0.3, -0.25) is 0 Å². The van der Waals surface area contributed by atoms with E-state index in [0.717, 1.165) is 11.4 Å². The van der Waals surface area contributed by atoms with E-state index in [9.17, 15) is 0 Å². The second-order valence-electron chi connectivity index (χ2n) is 3.19. The highest BCUT2D eigenvalue weighted by Crippen LogP contribution is 2.15. The van der Waals surface area contributed by atoms with Crippen LogP contribution in [0.15, 0.2) is 36.7 Å². The first-order chi connectivity index (χ1) is 7.78. The maximum atomic E-state index is 5.58. The predicted molar refractivity (Wildman–Crippen MR) is 62.7 cm³/mol. The molecule has 0 saturated heterocycles. The van der Waals surface area contributed by atoms with E-state index < -0.39 is 0 Å². The van der Waals surface area contributed by atoms with Gasteiger partial charge in [0, 0.05) is 11.4 Å². The van der Waals surface area contributed by atoms with Gasteiger partial charge in [0.15, 0.2) is 5.75 Å². The normalized spacial score (nSPS) is 9.81. The predicted octanol–water partition coefficient (Wildman–Crippen LogP) is 1.81. The fourth-order valence-corrected chi connectivity index (χ4v) is 1.18. The summed E-state index contributed by atoms with van der Waals surface area (Å²) in [6.45, 7) is 0. The molecule has 0 radical (unpaired) electrons. The van der Waals surface area contributed by atoms with E-state index >= 15 is 0 Å². The molecule has 82 valence electrons. The largest absolute Gasteiger partial charge is 0.494 e. The Morgan fingerprint density at radius 3 is 2.31 bits per heavy atom.